The first-order valence-electron chi connectivity index (χ1n) is 13.7. The van der Waals surface area contributed by atoms with Crippen LogP contribution in [-0.2, 0) is 25.7 Å². The molecule has 5 rings (SSSR count). The fourth-order valence-corrected chi connectivity index (χ4v) is 5.36. The van der Waals surface area contributed by atoms with Crippen molar-refractivity contribution in [3.8, 4) is 11.1 Å². The zero-order chi connectivity index (χ0) is 28.1. The van der Waals surface area contributed by atoms with E-state index in [1.165, 1.54) is 0 Å². The molecule has 3 aromatic rings. The molecule has 2 amide bonds. The molecule has 208 valence electrons. The fourth-order valence-electron chi connectivity index (χ4n) is 5.36. The lowest BCUT2D eigenvalue weighted by Gasteiger charge is -2.27. The minimum absolute atomic E-state index is 0.108. The molecule has 2 aliphatic rings. The number of alkyl carbamates (subject to hydrolysis) is 1. The number of carbonyl (C=O) groups is 3. The summed E-state index contributed by atoms with van der Waals surface area (Å²) >= 11 is 0. The molecule has 0 saturated heterocycles. The summed E-state index contributed by atoms with van der Waals surface area (Å²) in [7, 11) is 0. The van der Waals surface area contributed by atoms with Crippen molar-refractivity contribution in [2.24, 2.45) is 5.92 Å². The lowest BCUT2D eigenvalue weighted by Crippen LogP contribution is -2.55. The van der Waals surface area contributed by atoms with Crippen molar-refractivity contribution in [3.05, 3.63) is 95.6 Å². The van der Waals surface area contributed by atoms with Crippen LogP contribution >= 0.6 is 0 Å². The molecule has 40 heavy (non-hydrogen) atoms. The summed E-state index contributed by atoms with van der Waals surface area (Å²) in [5.41, 5.74) is 5.35. The molecule has 0 aromatic heterocycles. The van der Waals surface area contributed by atoms with Crippen molar-refractivity contribution < 1.29 is 29.0 Å². The van der Waals surface area contributed by atoms with Gasteiger partial charge in [-0.2, -0.15) is 0 Å². The normalized spacial score (nSPS) is 16.2. The van der Waals surface area contributed by atoms with Crippen LogP contribution in [0.25, 0.3) is 11.1 Å². The Kier molecular flexibility index (Phi) is 8.45. The molecule has 0 heterocycles. The van der Waals surface area contributed by atoms with Gasteiger partial charge in [-0.3, -0.25) is 9.59 Å². The number of carboxylic acids is 1. The number of aliphatic carboxylic acids is 1. The third-order valence-corrected chi connectivity index (χ3v) is 7.64. The third-order valence-electron chi connectivity index (χ3n) is 7.64. The maximum Gasteiger partial charge on any atom is 0.407 e. The second-order valence-electron chi connectivity index (χ2n) is 10.5. The predicted molar refractivity (Wildman–Crippen MR) is 150 cm³/mol. The average Bonchev–Trinajstić information content (AvgIpc) is 3.76. The highest BCUT2D eigenvalue weighted by Crippen LogP contribution is 2.44. The van der Waals surface area contributed by atoms with E-state index in [1.807, 2.05) is 66.7 Å². The minimum atomic E-state index is -1.07. The summed E-state index contributed by atoms with van der Waals surface area (Å²) in [5, 5.41) is 14.9. The molecule has 2 aliphatic carbocycles. The van der Waals surface area contributed by atoms with Gasteiger partial charge in [0.05, 0.1) is 19.1 Å². The summed E-state index contributed by atoms with van der Waals surface area (Å²) in [6.45, 7) is 2.07. The van der Waals surface area contributed by atoms with Crippen molar-refractivity contribution in [2.75, 3.05) is 6.61 Å². The molecule has 0 spiro atoms. The lowest BCUT2D eigenvalue weighted by molar-refractivity contribution is -0.138. The van der Waals surface area contributed by atoms with Gasteiger partial charge >= 0.3 is 12.1 Å². The Morgan fingerprint density at radius 1 is 0.875 bits per heavy atom. The largest absolute Gasteiger partial charge is 0.481 e. The van der Waals surface area contributed by atoms with Crippen LogP contribution < -0.4 is 10.6 Å². The van der Waals surface area contributed by atoms with E-state index in [9.17, 15) is 19.5 Å². The maximum absolute atomic E-state index is 13.4. The van der Waals surface area contributed by atoms with Gasteiger partial charge in [0, 0.05) is 12.0 Å². The van der Waals surface area contributed by atoms with E-state index in [2.05, 4.69) is 22.8 Å². The van der Waals surface area contributed by atoms with Crippen molar-refractivity contribution >= 4 is 18.0 Å². The fraction of sp³-hybridized carbons (Fsp3) is 0.344. The summed E-state index contributed by atoms with van der Waals surface area (Å²) in [5.74, 6) is -1.47. The van der Waals surface area contributed by atoms with Gasteiger partial charge in [-0.1, -0.05) is 78.9 Å². The van der Waals surface area contributed by atoms with Gasteiger partial charge in [-0.15, -0.1) is 0 Å². The molecule has 0 aliphatic heterocycles. The topological polar surface area (TPSA) is 114 Å². The summed E-state index contributed by atoms with van der Waals surface area (Å²) < 4.78 is 11.7. The molecule has 1 fully saturated rings. The van der Waals surface area contributed by atoms with Crippen molar-refractivity contribution in [2.45, 2.75) is 56.9 Å². The highest BCUT2D eigenvalue weighted by Gasteiger charge is 2.37. The number of hydrogen-bond donors (Lipinski definition) is 3. The van der Waals surface area contributed by atoms with Crippen LogP contribution in [0.5, 0.6) is 0 Å². The first-order valence-corrected chi connectivity index (χ1v) is 13.7. The van der Waals surface area contributed by atoms with Crippen LogP contribution in [0.15, 0.2) is 78.9 Å². The molecule has 8 nitrogen and oxygen atoms in total. The molecular formula is C32H34N2O6. The second-order valence-corrected chi connectivity index (χ2v) is 10.5. The van der Waals surface area contributed by atoms with Gasteiger partial charge in [-0.05, 0) is 53.5 Å². The summed E-state index contributed by atoms with van der Waals surface area (Å²) in [6, 6.07) is 24.1. The van der Waals surface area contributed by atoms with Crippen molar-refractivity contribution in [1.82, 2.24) is 10.6 Å². The van der Waals surface area contributed by atoms with Crippen LogP contribution in [0.4, 0.5) is 4.79 Å². The molecular weight excluding hydrogens is 508 g/mol. The van der Waals surface area contributed by atoms with Crippen molar-refractivity contribution in [1.29, 1.82) is 0 Å². The number of fused-ring (bicyclic) bond motifs is 3. The predicted octanol–water partition coefficient (Wildman–Crippen LogP) is 4.87. The molecule has 0 radical (unpaired) electrons. The number of carboxylic acid groups (broad SMARTS) is 1. The SMILES string of the molecule is C[C@H](OCc1ccccc1)[C@@H](NC(=O)OCC1c2ccccc2-c2ccccc21)C(=O)NC(CC(=O)O)C1CC1. The molecule has 3 aromatic carbocycles. The van der Waals surface area contributed by atoms with Crippen molar-refractivity contribution in [3.63, 3.8) is 0 Å². The smallest absolute Gasteiger partial charge is 0.407 e. The third kappa shape index (κ3) is 6.51. The number of nitrogens with one attached hydrogen (secondary N) is 2. The standard InChI is InChI=1S/C32H34N2O6/c1-20(39-18-21-9-3-2-4-10-21)30(31(37)33-28(17-29(35)36)22-15-16-22)34-32(38)40-19-27-25-13-7-5-11-23(25)24-12-6-8-14-26(24)27/h2-14,20,22,27-28,30H,15-19H2,1H3,(H,33,37)(H,34,38)(H,35,36)/t20-,28?,30+/m0/s1. The minimum Gasteiger partial charge on any atom is -0.481 e. The number of benzene rings is 3. The quantitative estimate of drug-likeness (QED) is 0.301. The van der Waals surface area contributed by atoms with Crippen LogP contribution in [0.2, 0.25) is 0 Å². The van der Waals surface area contributed by atoms with E-state index in [0.29, 0.717) is 0 Å². The van der Waals surface area contributed by atoms with Crippen LogP contribution in [0, 0.1) is 5.92 Å². The zero-order valence-corrected chi connectivity index (χ0v) is 22.4. The van der Waals surface area contributed by atoms with Gasteiger partial charge in [0.2, 0.25) is 5.91 Å². The van der Waals surface area contributed by atoms with Gasteiger partial charge in [0.1, 0.15) is 12.6 Å². The zero-order valence-electron chi connectivity index (χ0n) is 22.4. The number of amides is 2. The van der Waals surface area contributed by atoms with Gasteiger partial charge in [0.25, 0.3) is 0 Å². The van der Waals surface area contributed by atoms with E-state index in [1.54, 1.807) is 6.92 Å². The first-order chi connectivity index (χ1) is 19.4. The summed E-state index contributed by atoms with van der Waals surface area (Å²) in [6.07, 6.45) is 0.113. The monoisotopic (exact) mass is 542 g/mol. The van der Waals surface area contributed by atoms with E-state index >= 15 is 0 Å². The molecule has 3 atom stereocenters. The van der Waals surface area contributed by atoms with E-state index < -0.39 is 36.2 Å². The second kappa shape index (κ2) is 12.3. The lowest BCUT2D eigenvalue weighted by atomic mass is 9.98. The number of carbonyl (C=O) groups excluding carboxylic acids is 2. The molecule has 1 unspecified atom stereocenters. The molecule has 3 N–H and O–H groups in total. The molecule has 0 bridgehead atoms. The number of rotatable bonds is 12. The highest BCUT2D eigenvalue weighted by molar-refractivity contribution is 5.87. The van der Waals surface area contributed by atoms with Crippen LogP contribution in [0.3, 0.4) is 0 Å². The van der Waals surface area contributed by atoms with Crippen LogP contribution in [0.1, 0.15) is 48.8 Å². The average molecular weight is 543 g/mol. The Labute approximate surface area is 233 Å². The maximum atomic E-state index is 13.4. The number of ether oxygens (including phenoxy) is 2. The Morgan fingerprint density at radius 3 is 2.08 bits per heavy atom. The molecule has 8 heteroatoms. The van der Waals surface area contributed by atoms with Crippen LogP contribution in [-0.4, -0.2) is 47.9 Å². The van der Waals surface area contributed by atoms with E-state index in [0.717, 1.165) is 40.7 Å². The van der Waals surface area contributed by atoms with E-state index in [-0.39, 0.29) is 31.5 Å². The Morgan fingerprint density at radius 2 is 1.48 bits per heavy atom. The Hall–Kier alpha value is -4.17. The van der Waals surface area contributed by atoms with Gasteiger partial charge in [0.15, 0.2) is 0 Å². The molecule has 1 saturated carbocycles. The Balaban J connectivity index is 1.27. The number of hydrogen-bond acceptors (Lipinski definition) is 5. The van der Waals surface area contributed by atoms with E-state index in [4.69, 9.17) is 9.47 Å². The van der Waals surface area contributed by atoms with Gasteiger partial charge in [-0.25, -0.2) is 4.79 Å². The summed E-state index contributed by atoms with van der Waals surface area (Å²) in [4.78, 5) is 37.8. The highest BCUT2D eigenvalue weighted by atomic mass is 16.5. The first kappa shape index (κ1) is 27.4. The Bertz CT molecular complexity index is 1310. The van der Waals surface area contributed by atoms with Gasteiger partial charge < -0.3 is 25.2 Å².